The third kappa shape index (κ3) is 8.34. The zero-order valence-corrected chi connectivity index (χ0v) is 27.6. The molecule has 0 saturated heterocycles. The highest BCUT2D eigenvalue weighted by molar-refractivity contribution is 7.92. The molecule has 0 spiro atoms. The molecule has 0 bridgehead atoms. The van der Waals surface area contributed by atoms with Gasteiger partial charge in [-0.05, 0) is 87.7 Å². The fraction of sp³-hybridized carbons (Fsp3) is 0.355. The molecule has 0 aliphatic rings. The number of benzene rings is 3. The van der Waals surface area contributed by atoms with Crippen molar-refractivity contribution in [2.75, 3.05) is 25.1 Å². The lowest BCUT2D eigenvalue weighted by molar-refractivity contribution is -0.139. The lowest BCUT2D eigenvalue weighted by Crippen LogP contribution is -2.52. The van der Waals surface area contributed by atoms with Crippen molar-refractivity contribution in [2.24, 2.45) is 0 Å². The van der Waals surface area contributed by atoms with E-state index in [0.717, 1.165) is 15.4 Å². The van der Waals surface area contributed by atoms with Crippen LogP contribution < -0.4 is 19.1 Å². The Morgan fingerprint density at radius 1 is 0.884 bits per heavy atom. The summed E-state index contributed by atoms with van der Waals surface area (Å²) in [4.78, 5) is 28.5. The normalized spacial score (nSPS) is 12.0. The van der Waals surface area contributed by atoms with Gasteiger partial charge in [0.25, 0.3) is 10.0 Å². The van der Waals surface area contributed by atoms with Gasteiger partial charge in [-0.15, -0.1) is 0 Å². The van der Waals surface area contributed by atoms with Crippen LogP contribution in [0.2, 0.25) is 10.0 Å². The summed E-state index contributed by atoms with van der Waals surface area (Å²) in [7, 11) is -1.46. The zero-order chi connectivity index (χ0) is 32.1. The number of rotatable bonds is 12. The Morgan fingerprint density at radius 2 is 1.51 bits per heavy atom. The molecule has 3 aromatic rings. The number of hydrogen-bond acceptors (Lipinski definition) is 6. The summed E-state index contributed by atoms with van der Waals surface area (Å²) < 4.78 is 40.1. The Balaban J connectivity index is 2.13. The second-order valence-electron chi connectivity index (χ2n) is 10.5. The monoisotopic (exact) mass is 649 g/mol. The van der Waals surface area contributed by atoms with Gasteiger partial charge in [0, 0.05) is 28.7 Å². The highest BCUT2D eigenvalue weighted by atomic mass is 35.5. The Kier molecular flexibility index (Phi) is 11.3. The van der Waals surface area contributed by atoms with E-state index in [4.69, 9.17) is 32.7 Å². The molecule has 0 heterocycles. The standard InChI is InChI=1S/C31H37Cl2N3O6S/c1-19(2)34-31(38)22(5)35(17-23-8-9-24(32)15-27(23)33)30(37)18-36(25-13-20(3)12-21(4)14-25)43(39,40)26-10-11-28(41-6)29(16-26)42-7/h8-16,19,22H,17-18H2,1-7H3,(H,34,38)/t22-/m1/s1. The number of ether oxygens (including phenoxy) is 2. The van der Waals surface area contributed by atoms with Gasteiger partial charge in [-0.25, -0.2) is 8.42 Å². The van der Waals surface area contributed by atoms with E-state index < -0.39 is 34.4 Å². The Labute approximate surface area is 263 Å². The molecule has 1 N–H and O–H groups in total. The molecule has 1 atom stereocenters. The lowest BCUT2D eigenvalue weighted by atomic mass is 10.1. The van der Waals surface area contributed by atoms with E-state index in [1.165, 1.54) is 37.3 Å². The van der Waals surface area contributed by atoms with Crippen LogP contribution in [0.3, 0.4) is 0 Å². The minimum absolute atomic E-state index is 0.0569. The van der Waals surface area contributed by atoms with Crippen LogP contribution >= 0.6 is 23.2 Å². The smallest absolute Gasteiger partial charge is 0.264 e. The quantitative estimate of drug-likeness (QED) is 0.267. The summed E-state index contributed by atoms with van der Waals surface area (Å²) in [6.07, 6.45) is 0. The van der Waals surface area contributed by atoms with Crippen molar-refractivity contribution < 1.29 is 27.5 Å². The van der Waals surface area contributed by atoms with Gasteiger partial charge >= 0.3 is 0 Å². The molecule has 0 fully saturated rings. The molecule has 3 aromatic carbocycles. The largest absolute Gasteiger partial charge is 0.493 e. The zero-order valence-electron chi connectivity index (χ0n) is 25.3. The van der Waals surface area contributed by atoms with Crippen molar-refractivity contribution in [3.8, 4) is 11.5 Å². The molecule has 12 heteroatoms. The number of carbonyl (C=O) groups is 2. The number of sulfonamides is 1. The first-order valence-corrected chi connectivity index (χ1v) is 15.7. The van der Waals surface area contributed by atoms with Crippen LogP contribution in [-0.2, 0) is 26.2 Å². The average Bonchev–Trinajstić information content (AvgIpc) is 2.93. The van der Waals surface area contributed by atoms with Crippen molar-refractivity contribution in [3.63, 3.8) is 0 Å². The minimum atomic E-state index is -4.32. The topological polar surface area (TPSA) is 105 Å². The summed E-state index contributed by atoms with van der Waals surface area (Å²) in [5, 5.41) is 3.55. The number of anilines is 1. The molecule has 0 saturated carbocycles. The summed E-state index contributed by atoms with van der Waals surface area (Å²) in [6, 6.07) is 13.2. The average molecular weight is 651 g/mol. The van der Waals surface area contributed by atoms with Crippen molar-refractivity contribution in [2.45, 2.75) is 58.1 Å². The Bertz CT molecular complexity index is 1580. The fourth-order valence-electron chi connectivity index (χ4n) is 4.55. The molecular formula is C31H37Cl2N3O6S. The maximum Gasteiger partial charge on any atom is 0.264 e. The molecule has 0 aliphatic heterocycles. The molecule has 9 nitrogen and oxygen atoms in total. The number of nitrogens with one attached hydrogen (secondary N) is 1. The number of methoxy groups -OCH3 is 2. The van der Waals surface area contributed by atoms with E-state index in [9.17, 15) is 18.0 Å². The maximum absolute atomic E-state index is 14.2. The summed E-state index contributed by atoms with van der Waals surface area (Å²) >= 11 is 12.5. The second-order valence-corrected chi connectivity index (χ2v) is 13.2. The summed E-state index contributed by atoms with van der Waals surface area (Å²) in [5.74, 6) is -0.436. The molecule has 43 heavy (non-hydrogen) atoms. The minimum Gasteiger partial charge on any atom is -0.493 e. The van der Waals surface area contributed by atoms with Gasteiger partial charge < -0.3 is 19.7 Å². The number of aryl methyl sites for hydroxylation is 2. The molecule has 2 amide bonds. The number of halogens is 2. The fourth-order valence-corrected chi connectivity index (χ4v) is 6.43. The van der Waals surface area contributed by atoms with Crippen molar-refractivity contribution >= 4 is 50.7 Å². The van der Waals surface area contributed by atoms with Gasteiger partial charge in [0.2, 0.25) is 11.8 Å². The van der Waals surface area contributed by atoms with Gasteiger partial charge in [0.15, 0.2) is 11.5 Å². The van der Waals surface area contributed by atoms with Gasteiger partial charge in [-0.1, -0.05) is 35.3 Å². The SMILES string of the molecule is COc1ccc(S(=O)(=O)N(CC(=O)N(Cc2ccc(Cl)cc2Cl)[C@H](C)C(=O)NC(C)C)c2cc(C)cc(C)c2)cc1OC. The molecule has 0 radical (unpaired) electrons. The van der Waals surface area contributed by atoms with Gasteiger partial charge in [-0.3, -0.25) is 13.9 Å². The number of nitrogens with zero attached hydrogens (tertiary/aromatic N) is 2. The maximum atomic E-state index is 14.2. The molecule has 232 valence electrons. The second kappa shape index (κ2) is 14.3. The van der Waals surface area contributed by atoms with Gasteiger partial charge in [0.1, 0.15) is 12.6 Å². The van der Waals surface area contributed by atoms with E-state index in [1.807, 2.05) is 33.8 Å². The van der Waals surface area contributed by atoms with E-state index in [-0.39, 0.29) is 23.2 Å². The highest BCUT2D eigenvalue weighted by Gasteiger charge is 2.33. The van der Waals surface area contributed by atoms with Gasteiger partial charge in [-0.2, -0.15) is 0 Å². The van der Waals surface area contributed by atoms with Crippen LogP contribution in [0.1, 0.15) is 37.5 Å². The van der Waals surface area contributed by atoms with E-state index in [2.05, 4.69) is 5.32 Å². The Hall–Kier alpha value is -3.47. The number of hydrogen-bond donors (Lipinski definition) is 1. The number of amides is 2. The third-order valence-corrected chi connectivity index (χ3v) is 9.03. The molecule has 0 unspecified atom stereocenters. The Morgan fingerprint density at radius 3 is 2.07 bits per heavy atom. The van der Waals surface area contributed by atoms with E-state index >= 15 is 0 Å². The highest BCUT2D eigenvalue weighted by Crippen LogP contribution is 2.33. The predicted molar refractivity (Wildman–Crippen MR) is 170 cm³/mol. The molecule has 0 aromatic heterocycles. The third-order valence-electron chi connectivity index (χ3n) is 6.67. The van der Waals surface area contributed by atoms with E-state index in [1.54, 1.807) is 37.3 Å². The van der Waals surface area contributed by atoms with Crippen LogP contribution in [-0.4, -0.2) is 58.0 Å². The number of carbonyl (C=O) groups excluding carboxylic acids is 2. The van der Waals surface area contributed by atoms with Crippen LogP contribution in [0.15, 0.2) is 59.5 Å². The summed E-state index contributed by atoms with van der Waals surface area (Å²) in [6.45, 7) is 8.24. The first-order chi connectivity index (χ1) is 20.2. The van der Waals surface area contributed by atoms with Crippen LogP contribution in [0.25, 0.3) is 0 Å². The van der Waals surface area contributed by atoms with Crippen molar-refractivity contribution in [3.05, 3.63) is 81.3 Å². The molecule has 0 aliphatic carbocycles. The summed E-state index contributed by atoms with van der Waals surface area (Å²) in [5.41, 5.74) is 2.46. The van der Waals surface area contributed by atoms with E-state index in [0.29, 0.717) is 27.0 Å². The predicted octanol–water partition coefficient (Wildman–Crippen LogP) is 5.76. The molecular weight excluding hydrogens is 613 g/mol. The van der Waals surface area contributed by atoms with Crippen molar-refractivity contribution in [1.82, 2.24) is 10.2 Å². The lowest BCUT2D eigenvalue weighted by Gasteiger charge is -2.32. The first kappa shape index (κ1) is 34.0. The van der Waals surface area contributed by atoms with Crippen LogP contribution in [0.4, 0.5) is 5.69 Å². The first-order valence-electron chi connectivity index (χ1n) is 13.5. The van der Waals surface area contributed by atoms with Gasteiger partial charge in [0.05, 0.1) is 24.8 Å². The molecule has 3 rings (SSSR count). The van der Waals surface area contributed by atoms with Crippen molar-refractivity contribution in [1.29, 1.82) is 0 Å². The van der Waals surface area contributed by atoms with Crippen LogP contribution in [0, 0.1) is 13.8 Å². The van der Waals surface area contributed by atoms with Crippen LogP contribution in [0.5, 0.6) is 11.5 Å².